The second-order valence-electron chi connectivity index (χ2n) is 6.14. The summed E-state index contributed by atoms with van der Waals surface area (Å²) in [5, 5.41) is 3.45. The molecule has 1 aliphatic heterocycles. The number of carbonyl (C=O) groups is 1. The van der Waals surface area contributed by atoms with Crippen molar-refractivity contribution in [2.45, 2.75) is 26.7 Å². The minimum Gasteiger partial charge on any atom is -0.300 e. The molecule has 122 valence electrons. The van der Waals surface area contributed by atoms with Gasteiger partial charge in [-0.25, -0.2) is 4.99 Å². The molecule has 4 heteroatoms. The van der Waals surface area contributed by atoms with Gasteiger partial charge in [-0.3, -0.25) is 4.79 Å². The number of hydrogen-bond donors (Lipinski definition) is 1. The first kappa shape index (κ1) is 16.5. The molecule has 2 aromatic carbocycles. The van der Waals surface area contributed by atoms with E-state index in [0.29, 0.717) is 16.0 Å². The minimum absolute atomic E-state index is 0.0978. The summed E-state index contributed by atoms with van der Waals surface area (Å²) in [6.07, 6.45) is 1.91. The lowest BCUT2D eigenvalue weighted by atomic mass is 10.0. The monoisotopic (exact) mass is 336 g/mol. The van der Waals surface area contributed by atoms with E-state index in [0.717, 1.165) is 16.8 Å². The van der Waals surface area contributed by atoms with E-state index in [1.165, 1.54) is 17.3 Å². The van der Waals surface area contributed by atoms with E-state index in [1.54, 1.807) is 0 Å². The highest BCUT2D eigenvalue weighted by Crippen LogP contribution is 2.28. The quantitative estimate of drug-likeness (QED) is 0.801. The van der Waals surface area contributed by atoms with Gasteiger partial charge >= 0.3 is 0 Å². The molecule has 1 aliphatic rings. The van der Waals surface area contributed by atoms with Gasteiger partial charge in [-0.1, -0.05) is 50.2 Å². The molecule has 0 saturated carbocycles. The van der Waals surface area contributed by atoms with Gasteiger partial charge in [0.2, 0.25) is 0 Å². The lowest BCUT2D eigenvalue weighted by molar-refractivity contribution is -0.115. The van der Waals surface area contributed by atoms with Crippen LogP contribution < -0.4 is 5.32 Å². The molecular formula is C20H20N2OS. The summed E-state index contributed by atoms with van der Waals surface area (Å²) < 4.78 is 0. The van der Waals surface area contributed by atoms with E-state index in [1.807, 2.05) is 49.4 Å². The molecule has 2 aromatic rings. The smallest absolute Gasteiger partial charge is 0.264 e. The Morgan fingerprint density at radius 3 is 2.54 bits per heavy atom. The van der Waals surface area contributed by atoms with Crippen LogP contribution in [0.5, 0.6) is 0 Å². The molecule has 1 N–H and O–H groups in total. The Kier molecular flexibility index (Phi) is 4.86. The number of aliphatic imine (C=N–C) groups is 1. The molecule has 24 heavy (non-hydrogen) atoms. The van der Waals surface area contributed by atoms with Crippen molar-refractivity contribution in [3.05, 3.63) is 70.1 Å². The zero-order valence-electron chi connectivity index (χ0n) is 14.0. The number of carbonyl (C=O) groups excluding carboxylic acids is 1. The molecule has 3 rings (SSSR count). The molecule has 1 saturated heterocycles. The number of amides is 1. The van der Waals surface area contributed by atoms with E-state index in [2.05, 4.69) is 36.3 Å². The molecule has 0 aliphatic carbocycles. The Morgan fingerprint density at radius 2 is 1.88 bits per heavy atom. The lowest BCUT2D eigenvalue weighted by Gasteiger charge is -2.04. The lowest BCUT2D eigenvalue weighted by Crippen LogP contribution is -2.19. The molecular weight excluding hydrogens is 316 g/mol. The summed E-state index contributed by atoms with van der Waals surface area (Å²) in [5.41, 5.74) is 4.31. The van der Waals surface area contributed by atoms with Crippen LogP contribution in [0.2, 0.25) is 0 Å². The van der Waals surface area contributed by atoms with Gasteiger partial charge < -0.3 is 5.32 Å². The highest BCUT2D eigenvalue weighted by Gasteiger charge is 2.23. The third-order valence-electron chi connectivity index (χ3n) is 3.78. The van der Waals surface area contributed by atoms with Gasteiger partial charge in [0.25, 0.3) is 5.91 Å². The molecule has 1 amide bonds. The fourth-order valence-electron chi connectivity index (χ4n) is 2.42. The van der Waals surface area contributed by atoms with E-state index >= 15 is 0 Å². The average molecular weight is 336 g/mol. The number of thioether (sulfide) groups is 1. The molecule has 3 nitrogen and oxygen atoms in total. The maximum Gasteiger partial charge on any atom is 0.264 e. The molecule has 1 fully saturated rings. The summed E-state index contributed by atoms with van der Waals surface area (Å²) in [6.45, 7) is 6.36. The van der Waals surface area contributed by atoms with E-state index in [4.69, 9.17) is 0 Å². The summed E-state index contributed by atoms with van der Waals surface area (Å²) in [4.78, 5) is 17.3. The molecule has 0 unspecified atom stereocenters. The summed E-state index contributed by atoms with van der Waals surface area (Å²) in [5.74, 6) is 0.406. The number of benzene rings is 2. The highest BCUT2D eigenvalue weighted by molar-refractivity contribution is 8.18. The molecule has 1 heterocycles. The number of hydrogen-bond acceptors (Lipinski definition) is 3. The summed E-state index contributed by atoms with van der Waals surface area (Å²) in [6, 6.07) is 16.2. The topological polar surface area (TPSA) is 41.5 Å². The van der Waals surface area contributed by atoms with Gasteiger partial charge in [0, 0.05) is 0 Å². The van der Waals surface area contributed by atoms with Crippen molar-refractivity contribution in [3.63, 3.8) is 0 Å². The van der Waals surface area contributed by atoms with E-state index in [9.17, 15) is 4.79 Å². The normalized spacial score (nSPS) is 17.8. The van der Waals surface area contributed by atoms with Gasteiger partial charge in [-0.15, -0.1) is 0 Å². The standard InChI is InChI=1S/C20H20N2OS/c1-13(2)16-9-7-15(8-10-16)12-18-19(23)22-20(24-18)21-17-6-4-5-14(3)11-17/h4-13H,1-3H3,(H,21,22,23)/b18-12-. The second kappa shape index (κ2) is 7.05. The number of aryl methyl sites for hydroxylation is 1. The molecule has 0 aromatic heterocycles. The first-order valence-corrected chi connectivity index (χ1v) is 8.79. The van der Waals surface area contributed by atoms with Crippen molar-refractivity contribution in [1.82, 2.24) is 5.32 Å². The fourth-order valence-corrected chi connectivity index (χ4v) is 3.27. The van der Waals surface area contributed by atoms with Crippen LogP contribution in [-0.2, 0) is 4.79 Å². The molecule has 0 atom stereocenters. The van der Waals surface area contributed by atoms with Crippen molar-refractivity contribution < 1.29 is 4.79 Å². The van der Waals surface area contributed by atoms with Crippen LogP contribution in [0.4, 0.5) is 5.69 Å². The van der Waals surface area contributed by atoms with Gasteiger partial charge in [-0.05, 0) is 59.5 Å². The predicted molar refractivity (Wildman–Crippen MR) is 103 cm³/mol. The molecule has 0 spiro atoms. The van der Waals surface area contributed by atoms with Gasteiger partial charge in [0.05, 0.1) is 10.6 Å². The third kappa shape index (κ3) is 3.95. The minimum atomic E-state index is -0.0978. The second-order valence-corrected chi connectivity index (χ2v) is 7.17. The Balaban J connectivity index is 1.79. The third-order valence-corrected chi connectivity index (χ3v) is 4.69. The van der Waals surface area contributed by atoms with Crippen LogP contribution >= 0.6 is 11.8 Å². The van der Waals surface area contributed by atoms with Crippen LogP contribution in [-0.4, -0.2) is 11.1 Å². The number of nitrogens with one attached hydrogen (secondary N) is 1. The van der Waals surface area contributed by atoms with E-state index in [-0.39, 0.29) is 5.91 Å². The highest BCUT2D eigenvalue weighted by atomic mass is 32.2. The van der Waals surface area contributed by atoms with Gasteiger partial charge in [-0.2, -0.15) is 0 Å². The maximum absolute atomic E-state index is 12.1. The van der Waals surface area contributed by atoms with Gasteiger partial charge in [0.15, 0.2) is 5.17 Å². The van der Waals surface area contributed by atoms with Crippen LogP contribution in [0.25, 0.3) is 6.08 Å². The fraction of sp³-hybridized carbons (Fsp3) is 0.200. The van der Waals surface area contributed by atoms with Crippen molar-refractivity contribution >= 4 is 34.6 Å². The first-order chi connectivity index (χ1) is 11.5. The largest absolute Gasteiger partial charge is 0.300 e. The zero-order valence-corrected chi connectivity index (χ0v) is 14.9. The number of amidine groups is 1. The van der Waals surface area contributed by atoms with Crippen molar-refractivity contribution in [2.24, 2.45) is 4.99 Å². The van der Waals surface area contributed by atoms with Crippen LogP contribution in [0.1, 0.15) is 36.5 Å². The van der Waals surface area contributed by atoms with Crippen molar-refractivity contribution in [2.75, 3.05) is 0 Å². The van der Waals surface area contributed by atoms with Crippen molar-refractivity contribution in [3.8, 4) is 0 Å². The van der Waals surface area contributed by atoms with Crippen LogP contribution in [0.3, 0.4) is 0 Å². The Labute approximate surface area is 146 Å². The zero-order chi connectivity index (χ0) is 17.1. The van der Waals surface area contributed by atoms with Gasteiger partial charge in [0.1, 0.15) is 0 Å². The number of nitrogens with zero attached hydrogens (tertiary/aromatic N) is 1. The number of rotatable bonds is 3. The predicted octanol–water partition coefficient (Wildman–Crippen LogP) is 5.01. The Bertz CT molecular complexity index is 820. The summed E-state index contributed by atoms with van der Waals surface area (Å²) in [7, 11) is 0. The van der Waals surface area contributed by atoms with Crippen LogP contribution in [0.15, 0.2) is 58.4 Å². The molecule has 0 bridgehead atoms. The average Bonchev–Trinajstić information content (AvgIpc) is 2.87. The SMILES string of the molecule is Cc1cccc(N=C2NC(=O)/C(=C/c3ccc(C(C)C)cc3)S2)c1. The Morgan fingerprint density at radius 1 is 1.12 bits per heavy atom. The van der Waals surface area contributed by atoms with E-state index < -0.39 is 0 Å². The first-order valence-electron chi connectivity index (χ1n) is 7.97. The van der Waals surface area contributed by atoms with Crippen LogP contribution in [0, 0.1) is 6.92 Å². The maximum atomic E-state index is 12.1. The molecule has 0 radical (unpaired) electrons. The summed E-state index contributed by atoms with van der Waals surface area (Å²) >= 11 is 1.38. The Hall–Kier alpha value is -2.33. The van der Waals surface area contributed by atoms with Crippen molar-refractivity contribution in [1.29, 1.82) is 0 Å².